The zero-order valence-electron chi connectivity index (χ0n) is 11.4. The molecular formula is C13H17BrFN3O2. The molecule has 0 aliphatic heterocycles. The molecule has 0 heterocycles. The van der Waals surface area contributed by atoms with Crippen molar-refractivity contribution in [2.45, 2.75) is 31.8 Å². The van der Waals surface area contributed by atoms with Gasteiger partial charge in [-0.25, -0.2) is 4.39 Å². The van der Waals surface area contributed by atoms with Crippen molar-refractivity contribution in [3.8, 4) is 0 Å². The molecule has 0 bridgehead atoms. The molecule has 110 valence electrons. The van der Waals surface area contributed by atoms with E-state index in [4.69, 9.17) is 0 Å². The minimum absolute atomic E-state index is 0.216. The van der Waals surface area contributed by atoms with E-state index in [1.54, 1.807) is 0 Å². The summed E-state index contributed by atoms with van der Waals surface area (Å²) >= 11 is 3.05. The van der Waals surface area contributed by atoms with Crippen molar-refractivity contribution >= 4 is 27.3 Å². The number of hydrogen-bond donors (Lipinski definition) is 1. The molecule has 5 nitrogen and oxygen atoms in total. The highest BCUT2D eigenvalue weighted by atomic mass is 79.9. The number of benzene rings is 1. The minimum atomic E-state index is -0.634. The second kappa shape index (κ2) is 6.05. The fourth-order valence-electron chi connectivity index (χ4n) is 2.07. The lowest BCUT2D eigenvalue weighted by atomic mass is 10.2. The maximum atomic E-state index is 13.4. The van der Waals surface area contributed by atoms with Crippen LogP contribution in [-0.2, 0) is 0 Å². The molecule has 1 saturated carbocycles. The van der Waals surface area contributed by atoms with E-state index < -0.39 is 10.7 Å². The normalized spacial score (nSPS) is 16.2. The van der Waals surface area contributed by atoms with E-state index >= 15 is 0 Å². The van der Waals surface area contributed by atoms with E-state index in [1.165, 1.54) is 18.9 Å². The van der Waals surface area contributed by atoms with Gasteiger partial charge < -0.3 is 5.32 Å². The number of likely N-dealkylation sites (N-methyl/N-ethyl adjacent to an activating group) is 1. The number of nitrogens with zero attached hydrogens (tertiary/aromatic N) is 2. The Bertz CT molecular complexity index is 523. The van der Waals surface area contributed by atoms with Crippen LogP contribution in [0, 0.1) is 15.9 Å². The highest BCUT2D eigenvalue weighted by Gasteiger charge is 2.29. The van der Waals surface area contributed by atoms with Crippen molar-refractivity contribution in [1.82, 2.24) is 4.90 Å². The summed E-state index contributed by atoms with van der Waals surface area (Å²) in [6.45, 7) is 2.64. The number of nitro benzene ring substituents is 1. The maximum Gasteiger partial charge on any atom is 0.295 e. The number of rotatable bonds is 6. The van der Waals surface area contributed by atoms with E-state index in [2.05, 4.69) is 40.1 Å². The fourth-order valence-corrected chi connectivity index (χ4v) is 2.42. The SMILES string of the molecule is CC(CNc1cc(Br)c(F)cc1[N+](=O)[O-])N(C)C1CC1. The van der Waals surface area contributed by atoms with Gasteiger partial charge in [-0.1, -0.05) is 0 Å². The van der Waals surface area contributed by atoms with E-state index in [0.717, 1.165) is 6.07 Å². The van der Waals surface area contributed by atoms with Crippen molar-refractivity contribution in [2.24, 2.45) is 0 Å². The molecule has 7 heteroatoms. The van der Waals surface area contributed by atoms with Crippen molar-refractivity contribution in [2.75, 3.05) is 18.9 Å². The Morgan fingerprint density at radius 1 is 1.60 bits per heavy atom. The summed E-state index contributed by atoms with van der Waals surface area (Å²) in [5.74, 6) is -0.634. The van der Waals surface area contributed by atoms with Gasteiger partial charge in [0.05, 0.1) is 15.5 Å². The van der Waals surface area contributed by atoms with Gasteiger partial charge in [-0.2, -0.15) is 0 Å². The topological polar surface area (TPSA) is 58.4 Å². The Kier molecular flexibility index (Phi) is 4.59. The van der Waals surface area contributed by atoms with E-state index in [-0.39, 0.29) is 16.2 Å². The first-order valence-corrected chi connectivity index (χ1v) is 7.28. The van der Waals surface area contributed by atoms with Gasteiger partial charge >= 0.3 is 0 Å². The number of nitrogens with one attached hydrogen (secondary N) is 1. The number of halogens is 2. The summed E-state index contributed by atoms with van der Waals surface area (Å²) in [6.07, 6.45) is 2.42. The first-order valence-electron chi connectivity index (χ1n) is 6.49. The Morgan fingerprint density at radius 3 is 2.80 bits per heavy atom. The molecule has 1 atom stereocenters. The molecule has 2 rings (SSSR count). The van der Waals surface area contributed by atoms with Gasteiger partial charge in [-0.3, -0.25) is 15.0 Å². The summed E-state index contributed by atoms with van der Waals surface area (Å²) in [4.78, 5) is 12.6. The van der Waals surface area contributed by atoms with Crippen LogP contribution in [-0.4, -0.2) is 35.5 Å². The predicted molar refractivity (Wildman–Crippen MR) is 79.5 cm³/mol. The molecule has 1 aliphatic rings. The first kappa shape index (κ1) is 15.2. The van der Waals surface area contributed by atoms with Crippen LogP contribution in [0.4, 0.5) is 15.8 Å². The number of anilines is 1. The standard InChI is InChI=1S/C13H17BrFN3O2/c1-8(17(2)9-3-4-9)7-16-12-5-10(14)11(15)6-13(12)18(19)20/h5-6,8-9,16H,3-4,7H2,1-2H3. The van der Waals surface area contributed by atoms with Gasteiger partial charge in [0.15, 0.2) is 0 Å². The summed E-state index contributed by atoms with van der Waals surface area (Å²) in [6, 6.07) is 3.23. The van der Waals surface area contributed by atoms with E-state index in [0.29, 0.717) is 18.3 Å². The quantitative estimate of drug-likeness (QED) is 0.634. The summed E-state index contributed by atoms with van der Waals surface area (Å²) < 4.78 is 13.6. The highest BCUT2D eigenvalue weighted by molar-refractivity contribution is 9.10. The summed E-state index contributed by atoms with van der Waals surface area (Å²) in [5.41, 5.74) is 0.0892. The molecule has 1 aromatic rings. The molecule has 0 radical (unpaired) electrons. The van der Waals surface area contributed by atoms with Gasteiger partial charge in [-0.05, 0) is 48.8 Å². The zero-order chi connectivity index (χ0) is 14.9. The molecule has 0 spiro atoms. The molecule has 0 amide bonds. The smallest absolute Gasteiger partial charge is 0.295 e. The lowest BCUT2D eigenvalue weighted by molar-refractivity contribution is -0.384. The molecule has 0 saturated heterocycles. The van der Waals surface area contributed by atoms with Crippen molar-refractivity contribution in [3.63, 3.8) is 0 Å². The maximum absolute atomic E-state index is 13.4. The Morgan fingerprint density at radius 2 is 2.25 bits per heavy atom. The summed E-state index contributed by atoms with van der Waals surface area (Å²) in [5, 5.41) is 14.0. The van der Waals surface area contributed by atoms with Gasteiger partial charge in [0.1, 0.15) is 11.5 Å². The third kappa shape index (κ3) is 3.46. The van der Waals surface area contributed by atoms with Crippen LogP contribution in [0.15, 0.2) is 16.6 Å². The predicted octanol–water partition coefficient (Wildman–Crippen LogP) is 3.39. The largest absolute Gasteiger partial charge is 0.378 e. The van der Waals surface area contributed by atoms with Crippen LogP contribution in [0.2, 0.25) is 0 Å². The molecule has 1 aliphatic carbocycles. The van der Waals surface area contributed by atoms with Crippen LogP contribution in [0.3, 0.4) is 0 Å². The average molecular weight is 346 g/mol. The lowest BCUT2D eigenvalue weighted by Gasteiger charge is -2.25. The second-order valence-corrected chi connectivity index (χ2v) is 6.02. The van der Waals surface area contributed by atoms with Crippen LogP contribution < -0.4 is 5.32 Å². The molecule has 1 N–H and O–H groups in total. The molecule has 20 heavy (non-hydrogen) atoms. The van der Waals surface area contributed by atoms with Crippen molar-refractivity contribution in [3.05, 3.63) is 32.5 Å². The molecular weight excluding hydrogens is 329 g/mol. The fraction of sp³-hybridized carbons (Fsp3) is 0.538. The monoisotopic (exact) mass is 345 g/mol. The highest BCUT2D eigenvalue weighted by Crippen LogP contribution is 2.31. The van der Waals surface area contributed by atoms with Gasteiger partial charge in [0, 0.05) is 18.6 Å². The van der Waals surface area contributed by atoms with Crippen LogP contribution in [0.1, 0.15) is 19.8 Å². The molecule has 1 fully saturated rings. The van der Waals surface area contributed by atoms with Crippen LogP contribution in [0.25, 0.3) is 0 Å². The minimum Gasteiger partial charge on any atom is -0.378 e. The van der Waals surface area contributed by atoms with Crippen molar-refractivity contribution < 1.29 is 9.31 Å². The molecule has 1 aromatic carbocycles. The van der Waals surface area contributed by atoms with Crippen molar-refractivity contribution in [1.29, 1.82) is 0 Å². The Labute approximate surface area is 125 Å². The number of hydrogen-bond acceptors (Lipinski definition) is 4. The second-order valence-electron chi connectivity index (χ2n) is 5.17. The molecule has 1 unspecified atom stereocenters. The first-order chi connectivity index (χ1) is 9.40. The van der Waals surface area contributed by atoms with Gasteiger partial charge in [0.25, 0.3) is 5.69 Å². The summed E-state index contributed by atoms with van der Waals surface area (Å²) in [7, 11) is 2.05. The van der Waals surface area contributed by atoms with Gasteiger partial charge in [-0.15, -0.1) is 0 Å². The average Bonchev–Trinajstić information content (AvgIpc) is 3.22. The Balaban J connectivity index is 2.07. The lowest BCUT2D eigenvalue weighted by Crippen LogP contribution is -2.36. The van der Waals surface area contributed by atoms with Crippen LogP contribution >= 0.6 is 15.9 Å². The van der Waals surface area contributed by atoms with E-state index in [9.17, 15) is 14.5 Å². The molecule has 0 aromatic heterocycles. The third-order valence-corrected chi connectivity index (χ3v) is 4.25. The van der Waals surface area contributed by atoms with E-state index in [1.807, 2.05) is 0 Å². The van der Waals surface area contributed by atoms with Gasteiger partial charge in [0.2, 0.25) is 0 Å². The zero-order valence-corrected chi connectivity index (χ0v) is 13.0. The number of nitro groups is 1. The third-order valence-electron chi connectivity index (χ3n) is 3.64. The van der Waals surface area contributed by atoms with Crippen LogP contribution in [0.5, 0.6) is 0 Å². The Hall–Kier alpha value is -1.21.